The monoisotopic (exact) mass is 371 g/mol. The van der Waals surface area contributed by atoms with Crippen molar-refractivity contribution in [2.75, 3.05) is 51.6 Å². The van der Waals surface area contributed by atoms with Crippen LogP contribution in [-0.4, -0.2) is 75.7 Å². The first-order valence-corrected chi connectivity index (χ1v) is 10.3. The number of carbonyl (C=O) groups is 1. The normalized spacial score (nSPS) is 16.7. The molecule has 1 heterocycles. The molecule has 0 aromatic heterocycles. The van der Waals surface area contributed by atoms with Gasteiger partial charge in [-0.15, -0.1) is 0 Å². The van der Waals surface area contributed by atoms with Crippen LogP contribution in [0.4, 0.5) is 4.39 Å². The average molecular weight is 371 g/mol. The first kappa shape index (κ1) is 19.8. The molecule has 0 radical (unpaired) electrons. The summed E-state index contributed by atoms with van der Waals surface area (Å²) in [6.45, 7) is 6.93. The van der Waals surface area contributed by atoms with Gasteiger partial charge in [-0.3, -0.25) is 9.69 Å². The minimum atomic E-state index is -3.37. The molecular weight excluding hydrogens is 345 g/mol. The summed E-state index contributed by atoms with van der Waals surface area (Å²) in [4.78, 5) is 16.1. The molecule has 1 saturated heterocycles. The van der Waals surface area contributed by atoms with Gasteiger partial charge in [0.2, 0.25) is 5.91 Å². The molecule has 0 spiro atoms. The molecule has 8 heteroatoms. The van der Waals surface area contributed by atoms with E-state index in [0.29, 0.717) is 26.1 Å². The second kappa shape index (κ2) is 9.26. The second-order valence-electron chi connectivity index (χ2n) is 6.20. The van der Waals surface area contributed by atoms with E-state index in [1.165, 1.54) is 24.3 Å². The highest BCUT2D eigenvalue weighted by molar-refractivity contribution is 7.91. The molecule has 140 valence electrons. The third kappa shape index (κ3) is 6.37. The predicted molar refractivity (Wildman–Crippen MR) is 94.6 cm³/mol. The van der Waals surface area contributed by atoms with Gasteiger partial charge in [0.05, 0.1) is 17.2 Å². The third-order valence-electron chi connectivity index (χ3n) is 4.27. The van der Waals surface area contributed by atoms with Gasteiger partial charge in [-0.2, -0.15) is 0 Å². The highest BCUT2D eigenvalue weighted by Crippen LogP contribution is 2.13. The molecule has 1 fully saturated rings. The zero-order chi connectivity index (χ0) is 18.3. The van der Waals surface area contributed by atoms with E-state index in [-0.39, 0.29) is 16.6 Å². The summed E-state index contributed by atoms with van der Waals surface area (Å²) >= 11 is 0. The molecule has 0 bridgehead atoms. The SMILES string of the molecule is CCNC(=O)CN1CCN(CCCS(=O)(=O)c2ccc(F)cc2)CC1. The highest BCUT2D eigenvalue weighted by atomic mass is 32.2. The lowest BCUT2D eigenvalue weighted by atomic mass is 10.3. The predicted octanol–water partition coefficient (Wildman–Crippen LogP) is 0.743. The van der Waals surface area contributed by atoms with Crippen molar-refractivity contribution in [1.82, 2.24) is 15.1 Å². The van der Waals surface area contributed by atoms with Crippen molar-refractivity contribution in [3.63, 3.8) is 0 Å². The molecule has 6 nitrogen and oxygen atoms in total. The van der Waals surface area contributed by atoms with Crippen molar-refractivity contribution < 1.29 is 17.6 Å². The maximum absolute atomic E-state index is 12.9. The van der Waals surface area contributed by atoms with Crippen LogP contribution < -0.4 is 5.32 Å². The minimum Gasteiger partial charge on any atom is -0.355 e. The molecule has 1 N–H and O–H groups in total. The van der Waals surface area contributed by atoms with Crippen molar-refractivity contribution in [2.45, 2.75) is 18.2 Å². The molecule has 0 saturated carbocycles. The average Bonchev–Trinajstić information content (AvgIpc) is 2.57. The maximum Gasteiger partial charge on any atom is 0.234 e. The van der Waals surface area contributed by atoms with E-state index in [2.05, 4.69) is 15.1 Å². The van der Waals surface area contributed by atoms with Gasteiger partial charge < -0.3 is 10.2 Å². The van der Waals surface area contributed by atoms with Crippen molar-refractivity contribution in [3.8, 4) is 0 Å². The fourth-order valence-electron chi connectivity index (χ4n) is 2.87. The van der Waals surface area contributed by atoms with Gasteiger partial charge in [0, 0.05) is 32.7 Å². The van der Waals surface area contributed by atoms with Gasteiger partial charge in [0.25, 0.3) is 0 Å². The van der Waals surface area contributed by atoms with E-state index in [9.17, 15) is 17.6 Å². The van der Waals surface area contributed by atoms with Crippen LogP contribution in [-0.2, 0) is 14.6 Å². The van der Waals surface area contributed by atoms with Crippen molar-refractivity contribution >= 4 is 15.7 Å². The summed E-state index contributed by atoms with van der Waals surface area (Å²) in [6, 6.07) is 4.96. The van der Waals surface area contributed by atoms with E-state index < -0.39 is 15.7 Å². The third-order valence-corrected chi connectivity index (χ3v) is 6.08. The fourth-order valence-corrected chi connectivity index (χ4v) is 4.16. The summed E-state index contributed by atoms with van der Waals surface area (Å²) in [5.41, 5.74) is 0. The topological polar surface area (TPSA) is 69.7 Å². The molecule has 2 rings (SSSR count). The molecule has 1 amide bonds. The minimum absolute atomic E-state index is 0.0429. The lowest BCUT2D eigenvalue weighted by molar-refractivity contribution is -0.122. The zero-order valence-corrected chi connectivity index (χ0v) is 15.4. The number of nitrogens with one attached hydrogen (secondary N) is 1. The van der Waals surface area contributed by atoms with Crippen LogP contribution in [0, 0.1) is 5.82 Å². The summed E-state index contributed by atoms with van der Waals surface area (Å²) in [5, 5.41) is 2.79. The molecule has 1 aromatic rings. The van der Waals surface area contributed by atoms with Gasteiger partial charge in [-0.1, -0.05) is 0 Å². The summed E-state index contributed by atoms with van der Waals surface area (Å²) in [7, 11) is -3.37. The Kier molecular flexibility index (Phi) is 7.34. The number of halogens is 1. The van der Waals surface area contributed by atoms with E-state index in [0.717, 1.165) is 26.2 Å². The quantitative estimate of drug-likeness (QED) is 0.683. The van der Waals surface area contributed by atoms with E-state index in [4.69, 9.17) is 0 Å². The molecule has 0 atom stereocenters. The van der Waals surface area contributed by atoms with Crippen LogP contribution in [0.25, 0.3) is 0 Å². The number of rotatable bonds is 8. The largest absolute Gasteiger partial charge is 0.355 e. The van der Waals surface area contributed by atoms with Gasteiger partial charge in [-0.25, -0.2) is 12.8 Å². The number of benzene rings is 1. The maximum atomic E-state index is 12.9. The molecule has 0 aliphatic carbocycles. The second-order valence-corrected chi connectivity index (χ2v) is 8.31. The number of hydrogen-bond donors (Lipinski definition) is 1. The van der Waals surface area contributed by atoms with Crippen molar-refractivity contribution in [3.05, 3.63) is 30.1 Å². The molecule has 0 unspecified atom stereocenters. The Labute approximate surface area is 148 Å². The zero-order valence-electron chi connectivity index (χ0n) is 14.6. The van der Waals surface area contributed by atoms with Crippen LogP contribution in [0.15, 0.2) is 29.2 Å². The van der Waals surface area contributed by atoms with Crippen LogP contribution in [0.5, 0.6) is 0 Å². The van der Waals surface area contributed by atoms with E-state index in [1.807, 2.05) is 6.92 Å². The number of hydrogen-bond acceptors (Lipinski definition) is 5. The molecule has 1 aliphatic rings. The van der Waals surface area contributed by atoms with Gasteiger partial charge in [0.1, 0.15) is 5.82 Å². The number of sulfone groups is 1. The summed E-state index contributed by atoms with van der Waals surface area (Å²) in [5.74, 6) is -0.344. The van der Waals surface area contributed by atoms with E-state index in [1.54, 1.807) is 0 Å². The Balaban J connectivity index is 1.71. The Bertz CT molecular complexity index is 656. The lowest BCUT2D eigenvalue weighted by Gasteiger charge is -2.34. The first-order valence-electron chi connectivity index (χ1n) is 8.60. The lowest BCUT2D eigenvalue weighted by Crippen LogP contribution is -2.49. The highest BCUT2D eigenvalue weighted by Gasteiger charge is 2.20. The summed E-state index contributed by atoms with van der Waals surface area (Å²) < 4.78 is 37.3. The number of carbonyl (C=O) groups excluding carboxylic acids is 1. The van der Waals surface area contributed by atoms with Crippen LogP contribution in [0.2, 0.25) is 0 Å². The van der Waals surface area contributed by atoms with Gasteiger partial charge in [0.15, 0.2) is 9.84 Å². The Morgan fingerprint density at radius 3 is 2.32 bits per heavy atom. The fraction of sp³-hybridized carbons (Fsp3) is 0.588. The molecule has 1 aromatic carbocycles. The van der Waals surface area contributed by atoms with Gasteiger partial charge in [-0.05, 0) is 44.2 Å². The smallest absolute Gasteiger partial charge is 0.234 e. The van der Waals surface area contributed by atoms with Crippen molar-refractivity contribution in [2.24, 2.45) is 0 Å². The number of likely N-dealkylation sites (N-methyl/N-ethyl adjacent to an activating group) is 1. The summed E-state index contributed by atoms with van der Waals surface area (Å²) in [6.07, 6.45) is 0.538. The van der Waals surface area contributed by atoms with Crippen LogP contribution >= 0.6 is 0 Å². The Morgan fingerprint density at radius 2 is 1.72 bits per heavy atom. The number of amides is 1. The molecule has 1 aliphatic heterocycles. The Hall–Kier alpha value is -1.51. The van der Waals surface area contributed by atoms with Crippen LogP contribution in [0.3, 0.4) is 0 Å². The molecule has 25 heavy (non-hydrogen) atoms. The standard InChI is InChI=1S/C17H26FN3O3S/c1-2-19-17(22)14-21-11-9-20(10-12-21)8-3-13-25(23,24)16-6-4-15(18)5-7-16/h4-7H,2-3,8-14H2,1H3,(H,19,22). The molecular formula is C17H26FN3O3S. The van der Waals surface area contributed by atoms with Crippen molar-refractivity contribution in [1.29, 1.82) is 0 Å². The van der Waals surface area contributed by atoms with Crippen LogP contribution in [0.1, 0.15) is 13.3 Å². The number of piperazine rings is 1. The first-order chi connectivity index (χ1) is 11.9. The van der Waals surface area contributed by atoms with Gasteiger partial charge >= 0.3 is 0 Å². The Morgan fingerprint density at radius 1 is 1.12 bits per heavy atom. The number of nitrogens with zero attached hydrogens (tertiary/aromatic N) is 2. The van der Waals surface area contributed by atoms with E-state index >= 15 is 0 Å².